The fourth-order valence-electron chi connectivity index (χ4n) is 1.36. The van der Waals surface area contributed by atoms with Crippen molar-refractivity contribution < 1.29 is 9.53 Å². The van der Waals surface area contributed by atoms with Crippen LogP contribution in [0.5, 0.6) is 0 Å². The smallest absolute Gasteiger partial charge is 0.338 e. The van der Waals surface area contributed by atoms with Gasteiger partial charge in [0.2, 0.25) is 0 Å². The highest BCUT2D eigenvalue weighted by Gasteiger charge is 2.09. The van der Waals surface area contributed by atoms with Gasteiger partial charge in [0.05, 0.1) is 23.5 Å². The largest absolute Gasteiger partial charge is 0.462 e. The molecule has 0 saturated carbocycles. The van der Waals surface area contributed by atoms with Gasteiger partial charge < -0.3 is 15.8 Å². The highest BCUT2D eigenvalue weighted by Crippen LogP contribution is 2.20. The Hall–Kier alpha value is -1.71. The van der Waals surface area contributed by atoms with Crippen LogP contribution in [0.25, 0.3) is 0 Å². The maximum atomic E-state index is 11.6. The molecule has 0 unspecified atom stereocenters. The van der Waals surface area contributed by atoms with E-state index in [0.717, 1.165) is 12.2 Å². The Balaban J connectivity index is 2.82. The molecule has 4 nitrogen and oxygen atoms in total. The molecule has 0 aliphatic heterocycles. The van der Waals surface area contributed by atoms with E-state index in [1.54, 1.807) is 25.1 Å². The van der Waals surface area contributed by atoms with E-state index in [9.17, 15) is 4.79 Å². The van der Waals surface area contributed by atoms with E-state index in [4.69, 9.17) is 10.5 Å². The van der Waals surface area contributed by atoms with Crippen LogP contribution < -0.4 is 11.1 Å². The Morgan fingerprint density at radius 2 is 2.18 bits per heavy atom. The van der Waals surface area contributed by atoms with Gasteiger partial charge in [-0.1, -0.05) is 13.8 Å². The monoisotopic (exact) mass is 236 g/mol. The van der Waals surface area contributed by atoms with E-state index >= 15 is 0 Å². The molecule has 0 saturated heterocycles. The molecule has 1 aromatic rings. The lowest BCUT2D eigenvalue weighted by Gasteiger charge is -2.12. The number of hydrogen-bond acceptors (Lipinski definition) is 4. The van der Waals surface area contributed by atoms with Gasteiger partial charge in [0.1, 0.15) is 0 Å². The average Bonchev–Trinajstić information content (AvgIpc) is 2.28. The van der Waals surface area contributed by atoms with E-state index in [1.807, 2.05) is 0 Å². The molecule has 4 heteroatoms. The summed E-state index contributed by atoms with van der Waals surface area (Å²) in [5.41, 5.74) is 7.78. The van der Waals surface area contributed by atoms with Gasteiger partial charge in [-0.05, 0) is 31.0 Å². The number of hydrogen-bond donors (Lipinski definition) is 2. The predicted molar refractivity (Wildman–Crippen MR) is 70.1 cm³/mol. The molecule has 0 amide bonds. The van der Waals surface area contributed by atoms with Crippen LogP contribution in [0.4, 0.5) is 11.4 Å². The lowest BCUT2D eigenvalue weighted by atomic mass is 10.1. The van der Waals surface area contributed by atoms with Gasteiger partial charge in [-0.25, -0.2) is 4.79 Å². The van der Waals surface area contributed by atoms with Crippen LogP contribution in [0.3, 0.4) is 0 Å². The molecule has 1 aromatic carbocycles. The van der Waals surface area contributed by atoms with Crippen LogP contribution in [0.1, 0.15) is 31.1 Å². The highest BCUT2D eigenvalue weighted by molar-refractivity contribution is 5.92. The fraction of sp³-hybridized carbons (Fsp3) is 0.462. The van der Waals surface area contributed by atoms with Crippen LogP contribution in [0.2, 0.25) is 0 Å². The molecule has 17 heavy (non-hydrogen) atoms. The fourth-order valence-corrected chi connectivity index (χ4v) is 1.36. The first-order chi connectivity index (χ1) is 8.04. The number of nitrogens with two attached hydrogens (primary N) is 1. The second kappa shape index (κ2) is 6.13. The Morgan fingerprint density at radius 3 is 2.76 bits per heavy atom. The molecule has 1 rings (SSSR count). The molecule has 94 valence electrons. The summed E-state index contributed by atoms with van der Waals surface area (Å²) < 4.78 is 4.94. The van der Waals surface area contributed by atoms with Gasteiger partial charge in [-0.2, -0.15) is 0 Å². The van der Waals surface area contributed by atoms with Crippen molar-refractivity contribution in [1.82, 2.24) is 0 Å². The lowest BCUT2D eigenvalue weighted by molar-refractivity contribution is 0.0526. The minimum absolute atomic E-state index is 0.319. The predicted octanol–water partition coefficient (Wildman–Crippen LogP) is 2.51. The van der Waals surface area contributed by atoms with Crippen molar-refractivity contribution in [2.75, 3.05) is 24.2 Å². The number of benzene rings is 1. The van der Waals surface area contributed by atoms with Gasteiger partial charge in [0.15, 0.2) is 0 Å². The molecule has 0 aliphatic carbocycles. The molecule has 0 radical (unpaired) electrons. The third-order valence-electron chi connectivity index (χ3n) is 2.27. The lowest BCUT2D eigenvalue weighted by Crippen LogP contribution is -2.11. The van der Waals surface area contributed by atoms with Crippen molar-refractivity contribution >= 4 is 17.3 Å². The van der Waals surface area contributed by atoms with Crippen LogP contribution >= 0.6 is 0 Å². The summed E-state index contributed by atoms with van der Waals surface area (Å²) in [7, 11) is 0. The minimum atomic E-state index is -0.319. The number of ether oxygens (including phenoxy) is 1. The molecule has 0 atom stereocenters. The van der Waals surface area contributed by atoms with Gasteiger partial charge >= 0.3 is 5.97 Å². The Bertz CT molecular complexity index is 389. The topological polar surface area (TPSA) is 64.3 Å². The van der Waals surface area contributed by atoms with Crippen molar-refractivity contribution in [1.29, 1.82) is 0 Å². The molecule has 0 aromatic heterocycles. The summed E-state index contributed by atoms with van der Waals surface area (Å²) in [6, 6.07) is 5.12. The summed E-state index contributed by atoms with van der Waals surface area (Å²) in [5, 5.41) is 3.22. The SMILES string of the molecule is CCOC(=O)c1ccc(N)c(NCC(C)C)c1. The van der Waals surface area contributed by atoms with Crippen molar-refractivity contribution in [3.8, 4) is 0 Å². The Kier molecular flexibility index (Phi) is 4.82. The first kappa shape index (κ1) is 13.4. The Labute approximate surface area is 102 Å². The van der Waals surface area contributed by atoms with E-state index < -0.39 is 0 Å². The molecular formula is C13H20N2O2. The number of esters is 1. The van der Waals surface area contributed by atoms with Crippen molar-refractivity contribution in [3.63, 3.8) is 0 Å². The highest BCUT2D eigenvalue weighted by atomic mass is 16.5. The normalized spacial score (nSPS) is 10.4. The maximum absolute atomic E-state index is 11.6. The minimum Gasteiger partial charge on any atom is -0.462 e. The number of rotatable bonds is 5. The second-order valence-electron chi connectivity index (χ2n) is 4.30. The van der Waals surface area contributed by atoms with Gasteiger partial charge in [-0.15, -0.1) is 0 Å². The van der Waals surface area contributed by atoms with Gasteiger partial charge in [0, 0.05) is 6.54 Å². The first-order valence-corrected chi connectivity index (χ1v) is 5.85. The molecular weight excluding hydrogens is 216 g/mol. The standard InChI is InChI=1S/C13H20N2O2/c1-4-17-13(16)10-5-6-11(14)12(7-10)15-8-9(2)3/h5-7,9,15H,4,8,14H2,1-3H3. The Morgan fingerprint density at radius 1 is 1.47 bits per heavy atom. The van der Waals surface area contributed by atoms with Crippen molar-refractivity contribution in [3.05, 3.63) is 23.8 Å². The molecule has 3 N–H and O–H groups in total. The number of carbonyl (C=O) groups is 1. The third-order valence-corrected chi connectivity index (χ3v) is 2.27. The zero-order valence-corrected chi connectivity index (χ0v) is 10.6. The van der Waals surface area contributed by atoms with E-state index in [2.05, 4.69) is 19.2 Å². The molecule has 0 bridgehead atoms. The van der Waals surface area contributed by atoms with Crippen LogP contribution in [0.15, 0.2) is 18.2 Å². The van der Waals surface area contributed by atoms with Gasteiger partial charge in [-0.3, -0.25) is 0 Å². The summed E-state index contributed by atoms with van der Waals surface area (Å²) in [5.74, 6) is 0.195. The first-order valence-electron chi connectivity index (χ1n) is 5.85. The summed E-state index contributed by atoms with van der Waals surface area (Å²) in [6.45, 7) is 7.19. The van der Waals surface area contributed by atoms with Crippen LogP contribution in [0, 0.1) is 5.92 Å². The molecule has 0 aliphatic rings. The zero-order valence-electron chi connectivity index (χ0n) is 10.6. The summed E-state index contributed by atoms with van der Waals surface area (Å²) >= 11 is 0. The molecule has 0 spiro atoms. The van der Waals surface area contributed by atoms with Gasteiger partial charge in [0.25, 0.3) is 0 Å². The summed E-state index contributed by atoms with van der Waals surface area (Å²) in [6.07, 6.45) is 0. The van der Waals surface area contributed by atoms with E-state index in [0.29, 0.717) is 23.8 Å². The maximum Gasteiger partial charge on any atom is 0.338 e. The number of nitrogen functional groups attached to an aromatic ring is 1. The number of anilines is 2. The number of nitrogens with one attached hydrogen (secondary N) is 1. The summed E-state index contributed by atoms with van der Waals surface area (Å²) in [4.78, 5) is 11.6. The average molecular weight is 236 g/mol. The molecule has 0 heterocycles. The van der Waals surface area contributed by atoms with Crippen molar-refractivity contribution in [2.45, 2.75) is 20.8 Å². The van der Waals surface area contributed by atoms with E-state index in [1.165, 1.54) is 0 Å². The quantitative estimate of drug-likeness (QED) is 0.609. The molecule has 0 fully saturated rings. The second-order valence-corrected chi connectivity index (χ2v) is 4.30. The van der Waals surface area contributed by atoms with Crippen LogP contribution in [-0.2, 0) is 4.74 Å². The number of carbonyl (C=O) groups excluding carboxylic acids is 1. The third kappa shape index (κ3) is 3.98. The van der Waals surface area contributed by atoms with E-state index in [-0.39, 0.29) is 5.97 Å². The zero-order chi connectivity index (χ0) is 12.8. The van der Waals surface area contributed by atoms with Crippen LogP contribution in [-0.4, -0.2) is 19.1 Å². The van der Waals surface area contributed by atoms with Crippen molar-refractivity contribution in [2.24, 2.45) is 5.92 Å².